The number of carbonyl (C=O) groups is 1. The van der Waals surface area contributed by atoms with Gasteiger partial charge < -0.3 is 9.84 Å². The molecule has 86 valence electrons. The second-order valence-electron chi connectivity index (χ2n) is 4.18. The van der Waals surface area contributed by atoms with Crippen molar-refractivity contribution in [2.75, 3.05) is 0 Å². The van der Waals surface area contributed by atoms with Crippen LogP contribution in [0.2, 0.25) is 0 Å². The summed E-state index contributed by atoms with van der Waals surface area (Å²) in [5.41, 5.74) is 0.257. The second-order valence-corrected chi connectivity index (χ2v) is 4.18. The summed E-state index contributed by atoms with van der Waals surface area (Å²) in [5, 5.41) is 9.02. The summed E-state index contributed by atoms with van der Waals surface area (Å²) in [5.74, 6) is -0.423. The maximum Gasteiger partial charge on any atom is 0.339 e. The SMILES string of the molecule is O=C(O)c1ccccc1OC1CCCCC1. The lowest BCUT2D eigenvalue weighted by Gasteiger charge is -2.23. The van der Waals surface area contributed by atoms with E-state index in [0.717, 1.165) is 12.8 Å². The average molecular weight is 220 g/mol. The number of carboxylic acid groups (broad SMARTS) is 1. The smallest absolute Gasteiger partial charge is 0.339 e. The molecule has 1 fully saturated rings. The van der Waals surface area contributed by atoms with Gasteiger partial charge in [-0.2, -0.15) is 0 Å². The fourth-order valence-corrected chi connectivity index (χ4v) is 2.11. The zero-order chi connectivity index (χ0) is 11.4. The van der Waals surface area contributed by atoms with Crippen LogP contribution in [0.1, 0.15) is 42.5 Å². The maximum atomic E-state index is 11.0. The largest absolute Gasteiger partial charge is 0.490 e. The van der Waals surface area contributed by atoms with Gasteiger partial charge in [-0.15, -0.1) is 0 Å². The molecule has 0 amide bonds. The Morgan fingerprint density at radius 3 is 2.56 bits per heavy atom. The van der Waals surface area contributed by atoms with Crippen LogP contribution < -0.4 is 4.74 Å². The van der Waals surface area contributed by atoms with E-state index in [4.69, 9.17) is 9.84 Å². The number of hydrogen-bond acceptors (Lipinski definition) is 2. The molecule has 3 heteroatoms. The van der Waals surface area contributed by atoms with E-state index >= 15 is 0 Å². The Kier molecular flexibility index (Phi) is 3.44. The van der Waals surface area contributed by atoms with E-state index < -0.39 is 5.97 Å². The van der Waals surface area contributed by atoms with E-state index in [1.165, 1.54) is 19.3 Å². The number of ether oxygens (including phenoxy) is 1. The molecular formula is C13H16O3. The fourth-order valence-electron chi connectivity index (χ4n) is 2.11. The van der Waals surface area contributed by atoms with Crippen LogP contribution in [0, 0.1) is 0 Å². The zero-order valence-electron chi connectivity index (χ0n) is 9.19. The van der Waals surface area contributed by atoms with Crippen molar-refractivity contribution in [2.24, 2.45) is 0 Å². The van der Waals surface area contributed by atoms with Gasteiger partial charge in [0.1, 0.15) is 11.3 Å². The number of hydrogen-bond donors (Lipinski definition) is 1. The molecule has 0 atom stereocenters. The van der Waals surface area contributed by atoms with Gasteiger partial charge in [0.15, 0.2) is 0 Å². The first-order valence-electron chi connectivity index (χ1n) is 5.76. The number of para-hydroxylation sites is 1. The van der Waals surface area contributed by atoms with Gasteiger partial charge in [-0.1, -0.05) is 18.6 Å². The summed E-state index contributed by atoms with van der Waals surface area (Å²) < 4.78 is 5.77. The molecule has 0 unspecified atom stereocenters. The van der Waals surface area contributed by atoms with Crippen molar-refractivity contribution < 1.29 is 14.6 Å². The molecule has 16 heavy (non-hydrogen) atoms. The molecule has 0 aromatic heterocycles. The van der Waals surface area contributed by atoms with E-state index in [2.05, 4.69) is 0 Å². The lowest BCUT2D eigenvalue weighted by molar-refractivity contribution is 0.0686. The minimum atomic E-state index is -0.925. The molecule has 0 spiro atoms. The van der Waals surface area contributed by atoms with Gasteiger partial charge in [-0.05, 0) is 37.8 Å². The summed E-state index contributed by atoms with van der Waals surface area (Å²) in [6, 6.07) is 6.85. The highest BCUT2D eigenvalue weighted by atomic mass is 16.5. The molecule has 0 heterocycles. The van der Waals surface area contributed by atoms with Gasteiger partial charge in [0.25, 0.3) is 0 Å². The van der Waals surface area contributed by atoms with Crippen LogP contribution in [0.4, 0.5) is 0 Å². The number of benzene rings is 1. The van der Waals surface area contributed by atoms with Gasteiger partial charge >= 0.3 is 5.97 Å². The minimum absolute atomic E-state index is 0.189. The third-order valence-corrected chi connectivity index (χ3v) is 2.96. The van der Waals surface area contributed by atoms with Crippen LogP contribution in [-0.4, -0.2) is 17.2 Å². The zero-order valence-corrected chi connectivity index (χ0v) is 9.19. The van der Waals surface area contributed by atoms with Gasteiger partial charge in [0, 0.05) is 0 Å². The quantitative estimate of drug-likeness (QED) is 0.851. The first kappa shape index (κ1) is 11.0. The molecule has 0 bridgehead atoms. The van der Waals surface area contributed by atoms with Crippen molar-refractivity contribution in [1.82, 2.24) is 0 Å². The molecule has 1 aliphatic carbocycles. The van der Waals surface area contributed by atoms with E-state index in [1.54, 1.807) is 18.2 Å². The van der Waals surface area contributed by atoms with Gasteiger partial charge in [0.2, 0.25) is 0 Å². The minimum Gasteiger partial charge on any atom is -0.490 e. The predicted molar refractivity (Wildman–Crippen MR) is 60.9 cm³/mol. The molecule has 1 saturated carbocycles. The number of rotatable bonds is 3. The van der Waals surface area contributed by atoms with E-state index in [9.17, 15) is 4.79 Å². The van der Waals surface area contributed by atoms with Crippen LogP contribution in [0.5, 0.6) is 5.75 Å². The van der Waals surface area contributed by atoms with Gasteiger partial charge in [0.05, 0.1) is 6.10 Å². The number of aromatic carboxylic acids is 1. The van der Waals surface area contributed by atoms with Crippen LogP contribution in [0.15, 0.2) is 24.3 Å². The van der Waals surface area contributed by atoms with Crippen molar-refractivity contribution in [2.45, 2.75) is 38.2 Å². The Morgan fingerprint density at radius 1 is 1.19 bits per heavy atom. The highest BCUT2D eigenvalue weighted by molar-refractivity contribution is 5.90. The fraction of sp³-hybridized carbons (Fsp3) is 0.462. The molecule has 1 N–H and O–H groups in total. The molecule has 0 radical (unpaired) electrons. The van der Waals surface area contributed by atoms with Crippen molar-refractivity contribution in [3.8, 4) is 5.75 Å². The van der Waals surface area contributed by atoms with Crippen molar-refractivity contribution in [1.29, 1.82) is 0 Å². The summed E-state index contributed by atoms with van der Waals surface area (Å²) in [7, 11) is 0. The highest BCUT2D eigenvalue weighted by Gasteiger charge is 2.18. The first-order valence-corrected chi connectivity index (χ1v) is 5.76. The van der Waals surface area contributed by atoms with Gasteiger partial charge in [-0.25, -0.2) is 4.79 Å². The maximum absolute atomic E-state index is 11.0. The summed E-state index contributed by atoms with van der Waals surface area (Å²) >= 11 is 0. The van der Waals surface area contributed by atoms with Crippen LogP contribution in [0.3, 0.4) is 0 Å². The summed E-state index contributed by atoms with van der Waals surface area (Å²) in [4.78, 5) is 11.0. The average Bonchev–Trinajstić information content (AvgIpc) is 2.31. The highest BCUT2D eigenvalue weighted by Crippen LogP contribution is 2.25. The van der Waals surface area contributed by atoms with Crippen molar-refractivity contribution >= 4 is 5.97 Å². The monoisotopic (exact) mass is 220 g/mol. The van der Waals surface area contributed by atoms with E-state index in [1.807, 2.05) is 6.07 Å². The van der Waals surface area contributed by atoms with Crippen LogP contribution in [-0.2, 0) is 0 Å². The molecule has 3 nitrogen and oxygen atoms in total. The van der Waals surface area contributed by atoms with Crippen molar-refractivity contribution in [3.05, 3.63) is 29.8 Å². The predicted octanol–water partition coefficient (Wildman–Crippen LogP) is 3.10. The topological polar surface area (TPSA) is 46.5 Å². The van der Waals surface area contributed by atoms with E-state index in [-0.39, 0.29) is 11.7 Å². The number of carboxylic acids is 1. The van der Waals surface area contributed by atoms with Crippen LogP contribution in [0.25, 0.3) is 0 Å². The molecule has 1 aliphatic rings. The Bertz CT molecular complexity index is 367. The molecule has 0 aliphatic heterocycles. The van der Waals surface area contributed by atoms with Crippen molar-refractivity contribution in [3.63, 3.8) is 0 Å². The lowest BCUT2D eigenvalue weighted by Crippen LogP contribution is -2.20. The summed E-state index contributed by atoms with van der Waals surface area (Å²) in [6.45, 7) is 0. The Morgan fingerprint density at radius 2 is 1.88 bits per heavy atom. The normalized spacial score (nSPS) is 17.0. The second kappa shape index (κ2) is 5.01. The first-order chi connectivity index (χ1) is 7.77. The van der Waals surface area contributed by atoms with E-state index in [0.29, 0.717) is 5.75 Å². The van der Waals surface area contributed by atoms with Crippen LogP contribution >= 0.6 is 0 Å². The Hall–Kier alpha value is -1.51. The third-order valence-electron chi connectivity index (χ3n) is 2.96. The third kappa shape index (κ3) is 2.54. The molecule has 1 aromatic rings. The molecule has 2 rings (SSSR count). The Labute approximate surface area is 95.0 Å². The summed E-state index contributed by atoms with van der Waals surface area (Å²) in [6.07, 6.45) is 5.89. The standard InChI is InChI=1S/C13H16O3/c14-13(15)11-8-4-5-9-12(11)16-10-6-2-1-3-7-10/h4-5,8-10H,1-3,6-7H2,(H,14,15). The Balaban J connectivity index is 2.10. The molecule has 1 aromatic carbocycles. The lowest BCUT2D eigenvalue weighted by atomic mass is 9.97. The van der Waals surface area contributed by atoms with Gasteiger partial charge in [-0.3, -0.25) is 0 Å². The molecular weight excluding hydrogens is 204 g/mol. The molecule has 0 saturated heterocycles.